The van der Waals surface area contributed by atoms with Crippen molar-refractivity contribution in [2.45, 2.75) is 13.5 Å². The Morgan fingerprint density at radius 1 is 1.00 bits per heavy atom. The standard InChI is InChI=1S/C21H18N4OS.2ClH/c1-15-14-27-21(24-15)25-20-19(26-13-16-5-3-2-4-6-16)11-18(12-23-20)17-7-9-22-10-8-17;;/h2-12,14H,13H2,1H3,(H,23,24,25);2*1H. The van der Waals surface area contributed by atoms with Gasteiger partial charge in [0.2, 0.25) is 0 Å². The van der Waals surface area contributed by atoms with Crippen molar-refractivity contribution in [1.29, 1.82) is 0 Å². The highest BCUT2D eigenvalue weighted by atomic mass is 35.5. The molecule has 0 saturated heterocycles. The maximum absolute atomic E-state index is 6.10. The molecule has 4 rings (SSSR count). The highest BCUT2D eigenvalue weighted by Gasteiger charge is 2.11. The summed E-state index contributed by atoms with van der Waals surface area (Å²) in [5, 5.41) is 6.06. The summed E-state index contributed by atoms with van der Waals surface area (Å²) in [6.45, 7) is 2.43. The van der Waals surface area contributed by atoms with Crippen LogP contribution in [0.2, 0.25) is 0 Å². The minimum atomic E-state index is 0. The summed E-state index contributed by atoms with van der Waals surface area (Å²) in [6.07, 6.45) is 5.36. The van der Waals surface area contributed by atoms with E-state index in [4.69, 9.17) is 4.74 Å². The van der Waals surface area contributed by atoms with Gasteiger partial charge in [0.1, 0.15) is 6.61 Å². The maximum Gasteiger partial charge on any atom is 0.188 e. The van der Waals surface area contributed by atoms with Crippen molar-refractivity contribution >= 4 is 47.1 Å². The topological polar surface area (TPSA) is 59.9 Å². The number of hydrogen-bond donors (Lipinski definition) is 1. The van der Waals surface area contributed by atoms with E-state index in [1.54, 1.807) is 23.7 Å². The minimum absolute atomic E-state index is 0. The number of nitrogens with zero attached hydrogens (tertiary/aromatic N) is 3. The van der Waals surface area contributed by atoms with E-state index in [1.807, 2.05) is 67.0 Å². The van der Waals surface area contributed by atoms with Gasteiger partial charge in [0, 0.05) is 29.5 Å². The molecule has 4 aromatic rings. The molecule has 0 unspecified atom stereocenters. The van der Waals surface area contributed by atoms with E-state index in [-0.39, 0.29) is 24.8 Å². The number of aromatic nitrogens is 3. The highest BCUT2D eigenvalue weighted by Crippen LogP contribution is 2.32. The Hall–Kier alpha value is -2.67. The Morgan fingerprint density at radius 2 is 1.76 bits per heavy atom. The summed E-state index contributed by atoms with van der Waals surface area (Å²) in [5.74, 6) is 1.33. The van der Waals surface area contributed by atoms with Crippen LogP contribution in [0.15, 0.2) is 72.5 Å². The van der Waals surface area contributed by atoms with Crippen LogP contribution in [-0.2, 0) is 6.61 Å². The van der Waals surface area contributed by atoms with Gasteiger partial charge in [0.05, 0.1) is 5.69 Å². The van der Waals surface area contributed by atoms with Gasteiger partial charge in [-0.1, -0.05) is 30.3 Å². The van der Waals surface area contributed by atoms with Crippen LogP contribution >= 0.6 is 36.2 Å². The van der Waals surface area contributed by atoms with Gasteiger partial charge in [-0.15, -0.1) is 36.2 Å². The summed E-state index contributed by atoms with van der Waals surface area (Å²) in [5.41, 5.74) is 4.09. The first-order valence-corrected chi connectivity index (χ1v) is 9.42. The van der Waals surface area contributed by atoms with Crippen LogP contribution < -0.4 is 10.1 Å². The van der Waals surface area contributed by atoms with Crippen LogP contribution in [0.5, 0.6) is 5.75 Å². The summed E-state index contributed by atoms with van der Waals surface area (Å²) >= 11 is 1.54. The largest absolute Gasteiger partial charge is 0.485 e. The number of rotatable bonds is 6. The number of hydrogen-bond acceptors (Lipinski definition) is 6. The summed E-state index contributed by atoms with van der Waals surface area (Å²) in [6, 6.07) is 16.0. The molecule has 0 fully saturated rings. The van der Waals surface area contributed by atoms with Gasteiger partial charge in [-0.25, -0.2) is 9.97 Å². The van der Waals surface area contributed by atoms with Crippen LogP contribution in [0.1, 0.15) is 11.3 Å². The molecule has 0 spiro atoms. The van der Waals surface area contributed by atoms with E-state index in [0.717, 1.165) is 27.5 Å². The molecule has 0 aliphatic rings. The Morgan fingerprint density at radius 3 is 2.45 bits per heavy atom. The lowest BCUT2D eigenvalue weighted by Crippen LogP contribution is -2.01. The van der Waals surface area contributed by atoms with Gasteiger partial charge in [0.25, 0.3) is 0 Å². The fourth-order valence-electron chi connectivity index (χ4n) is 2.60. The number of anilines is 2. The normalized spacial score (nSPS) is 9.83. The molecule has 0 saturated carbocycles. The van der Waals surface area contributed by atoms with E-state index in [2.05, 4.69) is 20.3 Å². The molecule has 0 aliphatic heterocycles. The molecular weight excluding hydrogens is 427 g/mol. The quantitative estimate of drug-likeness (QED) is 0.389. The third kappa shape index (κ3) is 5.90. The Balaban J connectivity index is 0.00000150. The van der Waals surface area contributed by atoms with E-state index < -0.39 is 0 Å². The average molecular weight is 447 g/mol. The molecule has 8 heteroatoms. The number of thiazole rings is 1. The van der Waals surface area contributed by atoms with Crippen molar-refractivity contribution in [1.82, 2.24) is 15.0 Å². The fourth-order valence-corrected chi connectivity index (χ4v) is 3.29. The molecule has 5 nitrogen and oxygen atoms in total. The van der Waals surface area contributed by atoms with Crippen LogP contribution in [0.4, 0.5) is 10.9 Å². The Bertz CT molecular complexity index is 1030. The molecule has 29 heavy (non-hydrogen) atoms. The van der Waals surface area contributed by atoms with E-state index in [0.29, 0.717) is 18.2 Å². The van der Waals surface area contributed by atoms with Crippen LogP contribution in [0.25, 0.3) is 11.1 Å². The van der Waals surface area contributed by atoms with Crippen molar-refractivity contribution in [2.75, 3.05) is 5.32 Å². The number of halogens is 2. The molecule has 150 valence electrons. The van der Waals surface area contributed by atoms with E-state index >= 15 is 0 Å². The zero-order chi connectivity index (χ0) is 18.5. The maximum atomic E-state index is 6.10. The second-order valence-electron chi connectivity index (χ2n) is 6.00. The van der Waals surface area contributed by atoms with Gasteiger partial charge >= 0.3 is 0 Å². The first-order valence-electron chi connectivity index (χ1n) is 8.54. The van der Waals surface area contributed by atoms with E-state index in [1.165, 1.54) is 0 Å². The summed E-state index contributed by atoms with van der Waals surface area (Å²) < 4.78 is 6.10. The van der Waals surface area contributed by atoms with Crippen molar-refractivity contribution in [3.63, 3.8) is 0 Å². The van der Waals surface area contributed by atoms with Crippen molar-refractivity contribution in [3.8, 4) is 16.9 Å². The smallest absolute Gasteiger partial charge is 0.188 e. The van der Waals surface area contributed by atoms with E-state index in [9.17, 15) is 0 Å². The Kier molecular flexibility index (Phi) is 8.39. The zero-order valence-electron chi connectivity index (χ0n) is 15.6. The lowest BCUT2D eigenvalue weighted by molar-refractivity contribution is 0.307. The van der Waals surface area contributed by atoms with Gasteiger partial charge in [-0.2, -0.15) is 0 Å². The van der Waals surface area contributed by atoms with Gasteiger partial charge < -0.3 is 10.1 Å². The predicted molar refractivity (Wildman–Crippen MR) is 123 cm³/mol. The fraction of sp³-hybridized carbons (Fsp3) is 0.0952. The number of ether oxygens (including phenoxy) is 1. The molecule has 0 amide bonds. The van der Waals surface area contributed by atoms with Gasteiger partial charge in [0.15, 0.2) is 16.7 Å². The first kappa shape index (κ1) is 22.6. The minimum Gasteiger partial charge on any atom is -0.485 e. The monoisotopic (exact) mass is 446 g/mol. The molecule has 1 aromatic carbocycles. The molecular formula is C21H20Cl2N4OS. The lowest BCUT2D eigenvalue weighted by atomic mass is 10.1. The van der Waals surface area contributed by atoms with Gasteiger partial charge in [-0.3, -0.25) is 4.98 Å². The second-order valence-corrected chi connectivity index (χ2v) is 6.86. The Labute approximate surface area is 186 Å². The molecule has 1 N–H and O–H groups in total. The van der Waals surface area contributed by atoms with Crippen LogP contribution in [0.3, 0.4) is 0 Å². The number of benzene rings is 1. The molecule has 3 aromatic heterocycles. The average Bonchev–Trinajstić information content (AvgIpc) is 3.13. The molecule has 0 radical (unpaired) electrons. The zero-order valence-corrected chi connectivity index (χ0v) is 18.1. The van der Waals surface area contributed by atoms with Gasteiger partial charge in [-0.05, 0) is 36.2 Å². The number of nitrogens with one attached hydrogen (secondary N) is 1. The molecule has 0 atom stereocenters. The van der Waals surface area contributed by atoms with Crippen molar-refractivity contribution in [3.05, 3.63) is 83.8 Å². The van der Waals surface area contributed by atoms with Crippen LogP contribution in [-0.4, -0.2) is 15.0 Å². The summed E-state index contributed by atoms with van der Waals surface area (Å²) in [4.78, 5) is 13.1. The predicted octanol–water partition coefficient (Wildman–Crippen LogP) is 6.07. The van der Waals surface area contributed by atoms with Crippen LogP contribution in [0, 0.1) is 6.92 Å². The first-order chi connectivity index (χ1) is 13.3. The molecule has 3 heterocycles. The number of pyridine rings is 2. The lowest BCUT2D eigenvalue weighted by Gasteiger charge is -2.13. The third-order valence-corrected chi connectivity index (χ3v) is 4.82. The molecule has 0 aliphatic carbocycles. The third-order valence-electron chi connectivity index (χ3n) is 3.95. The van der Waals surface area contributed by atoms with Crippen molar-refractivity contribution < 1.29 is 4.74 Å². The highest BCUT2D eigenvalue weighted by molar-refractivity contribution is 7.13. The summed E-state index contributed by atoms with van der Waals surface area (Å²) in [7, 11) is 0. The van der Waals surface area contributed by atoms with Crippen molar-refractivity contribution in [2.24, 2.45) is 0 Å². The SMILES string of the molecule is Cc1csc(Nc2ncc(-c3ccncc3)cc2OCc2ccccc2)n1.Cl.Cl. The second kappa shape index (κ2) is 10.8. The number of aryl methyl sites for hydroxylation is 1. The molecule has 0 bridgehead atoms.